The topological polar surface area (TPSA) is 90.2 Å². The highest BCUT2D eigenvalue weighted by Crippen LogP contribution is 2.88. The number of esters is 1. The SMILES string of the molecule is C=C1[C@H]2C[C@@H]3C4N5C[C@]6(C)C[C@H](OC(=O)c7ccccc7)C(O)C47[C@@H]6[C@H]5CC3([C@@H]1O)[C@@]7(O)C2. The monoisotopic (exact) mass is 449 g/mol. The van der Waals surface area contributed by atoms with E-state index in [1.165, 1.54) is 0 Å². The molecule has 9 bridgehead atoms. The molecule has 9 fully saturated rings. The fourth-order valence-corrected chi connectivity index (χ4v) is 11.3. The van der Waals surface area contributed by atoms with Crippen LogP contribution in [-0.4, -0.2) is 68.7 Å². The van der Waals surface area contributed by atoms with Crippen LogP contribution < -0.4 is 0 Å². The molecule has 0 radical (unpaired) electrons. The van der Waals surface area contributed by atoms with E-state index in [1.807, 2.05) is 6.07 Å². The number of carbonyl (C=O) groups is 1. The predicted octanol–water partition coefficient (Wildman–Crippen LogP) is 1.74. The summed E-state index contributed by atoms with van der Waals surface area (Å²) in [7, 11) is 0. The number of benzene rings is 1. The Morgan fingerprint density at radius 3 is 2.70 bits per heavy atom. The van der Waals surface area contributed by atoms with Gasteiger partial charge in [-0.1, -0.05) is 31.7 Å². The van der Waals surface area contributed by atoms with Crippen LogP contribution in [-0.2, 0) is 4.74 Å². The molecule has 3 N–H and O–H groups in total. The van der Waals surface area contributed by atoms with Gasteiger partial charge in [-0.25, -0.2) is 4.79 Å². The van der Waals surface area contributed by atoms with Crippen LogP contribution in [0.2, 0.25) is 0 Å². The molecule has 3 aliphatic heterocycles. The lowest BCUT2D eigenvalue weighted by Gasteiger charge is -2.69. The summed E-state index contributed by atoms with van der Waals surface area (Å²) >= 11 is 0. The molecule has 5 unspecified atom stereocenters. The number of aliphatic hydroxyl groups excluding tert-OH is 2. The van der Waals surface area contributed by atoms with E-state index in [9.17, 15) is 20.1 Å². The van der Waals surface area contributed by atoms with Crippen molar-refractivity contribution in [3.63, 3.8) is 0 Å². The molecule has 1 aromatic rings. The first-order chi connectivity index (χ1) is 15.7. The first kappa shape index (κ1) is 19.6. The van der Waals surface area contributed by atoms with Crippen LogP contribution >= 0.6 is 0 Å². The van der Waals surface area contributed by atoms with E-state index in [0.29, 0.717) is 18.4 Å². The van der Waals surface area contributed by atoms with E-state index in [4.69, 9.17) is 4.74 Å². The standard InChI is InChI=1S/C27H31NO5/c1-13-15-8-16-20-27-19-17(10-25(16,21(13)29)26(27,32)9-15)28(20)12-24(19,2)11-18(22(27)30)33-23(31)14-6-4-3-5-7-14/h3-7,15-22,29-30,32H,1,8-12H2,2H3/t15-,16+,17+,18-,19+,20?,21+,22?,24-,25?,26-,27?/m0/s1. The van der Waals surface area contributed by atoms with Crippen molar-refractivity contribution in [2.24, 2.45) is 34.0 Å². The number of piperidine rings is 2. The lowest BCUT2D eigenvalue weighted by molar-refractivity contribution is -0.303. The van der Waals surface area contributed by atoms with E-state index in [2.05, 4.69) is 18.4 Å². The van der Waals surface area contributed by atoms with Crippen molar-refractivity contribution in [2.45, 2.75) is 68.6 Å². The summed E-state index contributed by atoms with van der Waals surface area (Å²) in [5, 5.41) is 36.3. The van der Waals surface area contributed by atoms with Crippen molar-refractivity contribution in [1.29, 1.82) is 0 Å². The summed E-state index contributed by atoms with van der Waals surface area (Å²) in [5.74, 6) is -0.0439. The fraction of sp³-hybridized carbons (Fsp3) is 0.667. The number of hydrogen-bond donors (Lipinski definition) is 3. The Kier molecular flexibility index (Phi) is 3.20. The molecular weight excluding hydrogens is 418 g/mol. The summed E-state index contributed by atoms with van der Waals surface area (Å²) in [4.78, 5) is 15.6. The number of aliphatic hydroxyl groups is 3. The van der Waals surface area contributed by atoms with Gasteiger partial charge in [0.25, 0.3) is 0 Å². The quantitative estimate of drug-likeness (QED) is 0.471. The van der Waals surface area contributed by atoms with E-state index in [-0.39, 0.29) is 35.3 Å². The zero-order valence-corrected chi connectivity index (χ0v) is 18.9. The van der Waals surface area contributed by atoms with Gasteiger partial charge in [-0.2, -0.15) is 0 Å². The van der Waals surface area contributed by atoms with Crippen molar-refractivity contribution >= 4 is 5.97 Å². The average molecular weight is 450 g/mol. The van der Waals surface area contributed by atoms with Gasteiger partial charge in [0.15, 0.2) is 0 Å². The minimum Gasteiger partial charge on any atom is -0.456 e. The summed E-state index contributed by atoms with van der Waals surface area (Å²) in [6.07, 6.45) is 0.522. The molecule has 3 saturated heterocycles. The third kappa shape index (κ3) is 1.67. The Morgan fingerprint density at radius 1 is 1.18 bits per heavy atom. The summed E-state index contributed by atoms with van der Waals surface area (Å²) in [5.41, 5.74) is -1.38. The number of nitrogens with zero attached hydrogens (tertiary/aromatic N) is 1. The third-order valence-electron chi connectivity index (χ3n) is 11.8. The van der Waals surface area contributed by atoms with Gasteiger partial charge >= 0.3 is 5.97 Å². The van der Waals surface area contributed by atoms with Gasteiger partial charge in [0.05, 0.1) is 22.7 Å². The van der Waals surface area contributed by atoms with Gasteiger partial charge in [0.2, 0.25) is 0 Å². The van der Waals surface area contributed by atoms with Crippen molar-refractivity contribution in [1.82, 2.24) is 4.90 Å². The largest absolute Gasteiger partial charge is 0.456 e. The highest BCUT2D eigenvalue weighted by atomic mass is 16.6. The minimum absolute atomic E-state index is 0.0281. The van der Waals surface area contributed by atoms with Crippen LogP contribution in [0.5, 0.6) is 0 Å². The van der Waals surface area contributed by atoms with Gasteiger partial charge in [-0.05, 0) is 66.6 Å². The molecule has 33 heavy (non-hydrogen) atoms. The Balaban J connectivity index is 1.28. The van der Waals surface area contributed by atoms with E-state index >= 15 is 0 Å². The zero-order valence-electron chi connectivity index (χ0n) is 18.9. The molecule has 6 aliphatic carbocycles. The molecular formula is C27H31NO5. The Labute approximate surface area is 193 Å². The fourth-order valence-electron chi connectivity index (χ4n) is 11.3. The van der Waals surface area contributed by atoms with Crippen LogP contribution in [0.4, 0.5) is 0 Å². The van der Waals surface area contributed by atoms with Gasteiger partial charge in [-0.15, -0.1) is 0 Å². The maximum absolute atomic E-state index is 13.0. The minimum atomic E-state index is -1.17. The Morgan fingerprint density at radius 2 is 1.94 bits per heavy atom. The van der Waals surface area contributed by atoms with Crippen LogP contribution in [0.15, 0.2) is 42.5 Å². The second kappa shape index (κ2) is 5.40. The second-order valence-electron chi connectivity index (χ2n) is 12.5. The van der Waals surface area contributed by atoms with Crippen molar-refractivity contribution in [2.75, 3.05) is 6.54 Å². The van der Waals surface area contributed by atoms with Crippen molar-refractivity contribution in [3.8, 4) is 0 Å². The van der Waals surface area contributed by atoms with Crippen LogP contribution in [0.3, 0.4) is 0 Å². The van der Waals surface area contributed by atoms with E-state index in [1.54, 1.807) is 24.3 Å². The molecule has 3 heterocycles. The normalized spacial score (nSPS) is 60.5. The highest BCUT2D eigenvalue weighted by Gasteiger charge is 2.95. The van der Waals surface area contributed by atoms with Gasteiger partial charge in [-0.3, -0.25) is 4.90 Å². The molecule has 6 saturated carbocycles. The Hall–Kier alpha value is -1.73. The number of carbonyl (C=O) groups excluding carboxylic acids is 1. The lowest BCUT2D eigenvalue weighted by Crippen LogP contribution is -2.77. The smallest absolute Gasteiger partial charge is 0.338 e. The molecule has 10 rings (SSSR count). The first-order valence-corrected chi connectivity index (χ1v) is 12.5. The molecule has 1 aromatic carbocycles. The molecule has 13 atom stereocenters. The van der Waals surface area contributed by atoms with Gasteiger partial charge in [0.1, 0.15) is 12.2 Å². The molecule has 0 amide bonds. The Bertz CT molecular complexity index is 1120. The number of ether oxygens (including phenoxy) is 1. The number of rotatable bonds is 2. The molecule has 9 aliphatic rings. The third-order valence-corrected chi connectivity index (χ3v) is 11.8. The second-order valence-corrected chi connectivity index (χ2v) is 12.5. The molecule has 6 nitrogen and oxygen atoms in total. The summed E-state index contributed by atoms with van der Waals surface area (Å²) in [6.45, 7) is 7.40. The predicted molar refractivity (Wildman–Crippen MR) is 118 cm³/mol. The summed E-state index contributed by atoms with van der Waals surface area (Å²) < 4.78 is 6.03. The van der Waals surface area contributed by atoms with E-state index in [0.717, 1.165) is 25.0 Å². The van der Waals surface area contributed by atoms with Crippen molar-refractivity contribution in [3.05, 3.63) is 48.0 Å². The molecule has 6 heteroatoms. The maximum atomic E-state index is 13.0. The molecule has 174 valence electrons. The number of fused-ring (bicyclic) bond motifs is 1. The maximum Gasteiger partial charge on any atom is 0.338 e. The highest BCUT2D eigenvalue weighted by molar-refractivity contribution is 5.89. The first-order valence-electron chi connectivity index (χ1n) is 12.5. The molecule has 0 aromatic heterocycles. The zero-order chi connectivity index (χ0) is 22.7. The van der Waals surface area contributed by atoms with Crippen LogP contribution in [0, 0.1) is 34.0 Å². The molecule has 2 spiro atoms. The van der Waals surface area contributed by atoms with Gasteiger partial charge < -0.3 is 20.1 Å². The average Bonchev–Trinajstić information content (AvgIpc) is 3.20. The van der Waals surface area contributed by atoms with Crippen LogP contribution in [0.25, 0.3) is 0 Å². The van der Waals surface area contributed by atoms with E-state index < -0.39 is 40.7 Å². The summed E-state index contributed by atoms with van der Waals surface area (Å²) in [6, 6.07) is 9.22. The number of hydrogen-bond acceptors (Lipinski definition) is 6. The van der Waals surface area contributed by atoms with Gasteiger partial charge in [0, 0.05) is 24.0 Å². The van der Waals surface area contributed by atoms with Crippen molar-refractivity contribution < 1.29 is 24.9 Å². The van der Waals surface area contributed by atoms with Crippen LogP contribution in [0.1, 0.15) is 43.0 Å². The lowest BCUT2D eigenvalue weighted by atomic mass is 9.37.